The SMILES string of the molecule is Cc1ccc(S(=O)N2CCC(=O)C(C)(C)C2)cc1. The maximum Gasteiger partial charge on any atom is 0.141 e. The van der Waals surface area contributed by atoms with Crippen LogP contribution in [0.2, 0.25) is 0 Å². The van der Waals surface area contributed by atoms with Crippen molar-refractivity contribution in [3.05, 3.63) is 29.8 Å². The number of aryl methyl sites for hydroxylation is 1. The van der Waals surface area contributed by atoms with E-state index in [4.69, 9.17) is 0 Å². The van der Waals surface area contributed by atoms with Crippen LogP contribution in [0.5, 0.6) is 0 Å². The van der Waals surface area contributed by atoms with E-state index in [9.17, 15) is 9.00 Å². The van der Waals surface area contributed by atoms with Crippen LogP contribution >= 0.6 is 0 Å². The summed E-state index contributed by atoms with van der Waals surface area (Å²) < 4.78 is 14.3. The molecule has 0 aromatic heterocycles. The van der Waals surface area contributed by atoms with Gasteiger partial charge in [0.25, 0.3) is 0 Å². The number of carbonyl (C=O) groups is 1. The number of rotatable bonds is 2. The number of hydrogen-bond acceptors (Lipinski definition) is 2. The fourth-order valence-electron chi connectivity index (χ4n) is 2.12. The van der Waals surface area contributed by atoms with Gasteiger partial charge in [-0.1, -0.05) is 31.5 Å². The van der Waals surface area contributed by atoms with Gasteiger partial charge < -0.3 is 0 Å². The first-order chi connectivity index (χ1) is 8.40. The Morgan fingerprint density at radius 3 is 2.39 bits per heavy atom. The van der Waals surface area contributed by atoms with E-state index in [1.165, 1.54) is 0 Å². The van der Waals surface area contributed by atoms with Crippen LogP contribution in [0.15, 0.2) is 29.2 Å². The van der Waals surface area contributed by atoms with E-state index in [0.29, 0.717) is 19.5 Å². The van der Waals surface area contributed by atoms with Gasteiger partial charge in [0, 0.05) is 24.9 Å². The van der Waals surface area contributed by atoms with Gasteiger partial charge in [0.15, 0.2) is 0 Å². The second-order valence-corrected chi connectivity index (χ2v) is 6.97. The molecular weight excluding hydrogens is 246 g/mol. The smallest absolute Gasteiger partial charge is 0.141 e. The van der Waals surface area contributed by atoms with Gasteiger partial charge >= 0.3 is 0 Å². The van der Waals surface area contributed by atoms with Crippen LogP contribution in [0.4, 0.5) is 0 Å². The predicted octanol–water partition coefficient (Wildman–Crippen LogP) is 2.32. The minimum Gasteiger partial charge on any atom is -0.299 e. The average molecular weight is 265 g/mol. The van der Waals surface area contributed by atoms with E-state index in [-0.39, 0.29) is 5.78 Å². The first kappa shape index (κ1) is 13.4. The molecule has 0 aliphatic carbocycles. The molecule has 1 atom stereocenters. The van der Waals surface area contributed by atoms with Crippen molar-refractivity contribution in [2.75, 3.05) is 13.1 Å². The summed E-state index contributed by atoms with van der Waals surface area (Å²) in [6.45, 7) is 7.01. The zero-order valence-electron chi connectivity index (χ0n) is 11.1. The highest BCUT2D eigenvalue weighted by atomic mass is 32.2. The van der Waals surface area contributed by atoms with Crippen LogP contribution in [0, 0.1) is 12.3 Å². The summed E-state index contributed by atoms with van der Waals surface area (Å²) in [6.07, 6.45) is 0.491. The molecule has 0 bridgehead atoms. The molecule has 1 aromatic rings. The summed E-state index contributed by atoms with van der Waals surface area (Å²) in [4.78, 5) is 12.6. The third kappa shape index (κ3) is 2.70. The van der Waals surface area contributed by atoms with E-state index in [1.807, 2.05) is 49.3 Å². The maximum absolute atomic E-state index is 12.4. The highest BCUT2D eigenvalue weighted by Crippen LogP contribution is 2.27. The normalized spacial score (nSPS) is 21.8. The molecule has 0 saturated carbocycles. The first-order valence-electron chi connectivity index (χ1n) is 6.17. The number of piperidine rings is 1. The summed E-state index contributed by atoms with van der Waals surface area (Å²) in [5, 5.41) is 0. The molecule has 1 aliphatic rings. The zero-order valence-corrected chi connectivity index (χ0v) is 11.9. The van der Waals surface area contributed by atoms with E-state index in [1.54, 1.807) is 0 Å². The predicted molar refractivity (Wildman–Crippen MR) is 72.6 cm³/mol. The average Bonchev–Trinajstić information content (AvgIpc) is 2.33. The third-order valence-corrected chi connectivity index (χ3v) is 4.83. The van der Waals surface area contributed by atoms with Gasteiger partial charge in [0.2, 0.25) is 0 Å². The lowest BCUT2D eigenvalue weighted by Crippen LogP contribution is -2.46. The summed E-state index contributed by atoms with van der Waals surface area (Å²) >= 11 is 0. The minimum absolute atomic E-state index is 0.264. The molecule has 18 heavy (non-hydrogen) atoms. The van der Waals surface area contributed by atoms with Crippen molar-refractivity contribution in [2.45, 2.75) is 32.1 Å². The molecule has 2 rings (SSSR count). The van der Waals surface area contributed by atoms with Gasteiger partial charge in [-0.05, 0) is 19.1 Å². The Balaban J connectivity index is 2.15. The van der Waals surface area contributed by atoms with E-state index in [2.05, 4.69) is 0 Å². The molecule has 3 nitrogen and oxygen atoms in total. The first-order valence-corrected chi connectivity index (χ1v) is 7.28. The molecule has 0 N–H and O–H groups in total. The number of carbonyl (C=O) groups excluding carboxylic acids is 1. The number of hydrogen-bond donors (Lipinski definition) is 0. The lowest BCUT2D eigenvalue weighted by Gasteiger charge is -2.35. The minimum atomic E-state index is -1.16. The van der Waals surface area contributed by atoms with Gasteiger partial charge in [-0.15, -0.1) is 0 Å². The Morgan fingerprint density at radius 2 is 1.83 bits per heavy atom. The summed E-state index contributed by atoms with van der Waals surface area (Å²) in [5.41, 5.74) is 0.767. The van der Waals surface area contributed by atoms with E-state index >= 15 is 0 Å². The lowest BCUT2D eigenvalue weighted by molar-refractivity contribution is -0.129. The fourth-order valence-corrected chi connectivity index (χ4v) is 3.48. The van der Waals surface area contributed by atoms with Crippen molar-refractivity contribution in [3.63, 3.8) is 0 Å². The standard InChI is InChI=1S/C14H19NO2S/c1-11-4-6-12(7-5-11)18(17)15-9-8-13(16)14(2,3)10-15/h4-7H,8-10H2,1-3H3. The molecule has 0 amide bonds. The van der Waals surface area contributed by atoms with Crippen LogP contribution in [-0.4, -0.2) is 27.4 Å². The third-order valence-electron chi connectivity index (χ3n) is 3.37. The van der Waals surface area contributed by atoms with Crippen LogP contribution in [0.25, 0.3) is 0 Å². The Kier molecular flexibility index (Phi) is 3.69. The number of Topliss-reactive ketones (excluding diaryl/α,β-unsaturated/α-hetero) is 1. The molecular formula is C14H19NO2S. The topological polar surface area (TPSA) is 37.4 Å². The summed E-state index contributed by atoms with van der Waals surface area (Å²) in [6, 6.07) is 7.73. The molecule has 1 aromatic carbocycles. The van der Waals surface area contributed by atoms with Gasteiger partial charge in [-0.2, -0.15) is 0 Å². The highest BCUT2D eigenvalue weighted by Gasteiger charge is 2.36. The van der Waals surface area contributed by atoms with Gasteiger partial charge in [-0.25, -0.2) is 8.51 Å². The second-order valence-electron chi connectivity index (χ2n) is 5.48. The van der Waals surface area contributed by atoms with Crippen LogP contribution in [0.3, 0.4) is 0 Å². The Labute approximate surface area is 111 Å². The molecule has 4 heteroatoms. The molecule has 1 unspecified atom stereocenters. The number of nitrogens with zero attached hydrogens (tertiary/aromatic N) is 1. The summed E-state index contributed by atoms with van der Waals surface area (Å²) in [7, 11) is -1.16. The van der Waals surface area contributed by atoms with Crippen molar-refractivity contribution in [3.8, 4) is 0 Å². The molecule has 0 radical (unpaired) electrons. The van der Waals surface area contributed by atoms with Crippen molar-refractivity contribution in [2.24, 2.45) is 5.41 Å². The highest BCUT2D eigenvalue weighted by molar-refractivity contribution is 7.82. The van der Waals surface area contributed by atoms with E-state index in [0.717, 1.165) is 10.5 Å². The van der Waals surface area contributed by atoms with Crippen LogP contribution < -0.4 is 0 Å². The molecule has 0 spiro atoms. The van der Waals surface area contributed by atoms with E-state index < -0.39 is 16.4 Å². The Bertz CT molecular complexity index is 479. The Morgan fingerprint density at radius 1 is 1.22 bits per heavy atom. The Hall–Kier alpha value is -1.00. The molecule has 1 fully saturated rings. The van der Waals surface area contributed by atoms with Gasteiger partial charge in [0.05, 0.1) is 4.90 Å². The van der Waals surface area contributed by atoms with Crippen molar-refractivity contribution < 1.29 is 9.00 Å². The zero-order chi connectivity index (χ0) is 13.3. The van der Waals surface area contributed by atoms with Crippen molar-refractivity contribution >= 4 is 16.8 Å². The van der Waals surface area contributed by atoms with Gasteiger partial charge in [-0.3, -0.25) is 4.79 Å². The molecule has 1 saturated heterocycles. The van der Waals surface area contributed by atoms with Crippen LogP contribution in [-0.2, 0) is 15.8 Å². The molecule has 98 valence electrons. The molecule has 1 aliphatic heterocycles. The number of ketones is 1. The molecule has 1 heterocycles. The largest absolute Gasteiger partial charge is 0.299 e. The van der Waals surface area contributed by atoms with Crippen LogP contribution in [0.1, 0.15) is 25.8 Å². The monoisotopic (exact) mass is 265 g/mol. The second kappa shape index (κ2) is 4.94. The summed E-state index contributed by atoms with van der Waals surface area (Å²) in [5.74, 6) is 0.264. The lowest BCUT2D eigenvalue weighted by atomic mass is 9.84. The quantitative estimate of drug-likeness (QED) is 0.823. The van der Waals surface area contributed by atoms with Gasteiger partial charge in [0.1, 0.15) is 16.8 Å². The van der Waals surface area contributed by atoms with Crippen molar-refractivity contribution in [1.29, 1.82) is 0 Å². The maximum atomic E-state index is 12.4. The number of benzene rings is 1. The van der Waals surface area contributed by atoms with Crippen molar-refractivity contribution in [1.82, 2.24) is 4.31 Å². The fraction of sp³-hybridized carbons (Fsp3) is 0.500.